The third-order valence-electron chi connectivity index (χ3n) is 3.09. The number of nitrogens with two attached hydrogens (primary N) is 1. The molecule has 6 nitrogen and oxygen atoms in total. The van der Waals surface area contributed by atoms with Gasteiger partial charge >= 0.3 is 0 Å². The number of anilines is 2. The summed E-state index contributed by atoms with van der Waals surface area (Å²) in [6.45, 7) is 11.0. The summed E-state index contributed by atoms with van der Waals surface area (Å²) < 4.78 is 1.76. The van der Waals surface area contributed by atoms with Crippen molar-refractivity contribution in [1.82, 2.24) is 15.1 Å². The number of amides is 1. The number of rotatable bonds is 6. The number of nitrogens with one attached hydrogen (secondary N) is 1. The highest BCUT2D eigenvalue weighted by molar-refractivity contribution is 5.82. The Balaban J connectivity index is 2.98. The van der Waals surface area contributed by atoms with E-state index in [9.17, 15) is 4.79 Å². The average molecular weight is 281 g/mol. The minimum atomic E-state index is -0.00598. The van der Waals surface area contributed by atoms with Crippen LogP contribution in [0.25, 0.3) is 0 Å². The van der Waals surface area contributed by atoms with Gasteiger partial charge in [0.15, 0.2) is 5.82 Å². The summed E-state index contributed by atoms with van der Waals surface area (Å²) in [5, 5.41) is 7.36. The van der Waals surface area contributed by atoms with Gasteiger partial charge in [-0.3, -0.25) is 9.48 Å². The SMILES string of the molecule is CCN(CC(=O)NC(C)C)c1c(N)c(C(C)C)nn1C. The van der Waals surface area contributed by atoms with Crippen molar-refractivity contribution in [3.8, 4) is 0 Å². The minimum absolute atomic E-state index is 0.00598. The third-order valence-corrected chi connectivity index (χ3v) is 3.09. The zero-order chi connectivity index (χ0) is 15.4. The molecule has 0 atom stereocenters. The molecule has 1 aromatic heterocycles. The Morgan fingerprint density at radius 3 is 2.40 bits per heavy atom. The second-order valence-electron chi connectivity index (χ2n) is 5.64. The van der Waals surface area contributed by atoms with E-state index >= 15 is 0 Å². The first kappa shape index (κ1) is 16.3. The Bertz CT molecular complexity index is 464. The summed E-state index contributed by atoms with van der Waals surface area (Å²) in [7, 11) is 1.86. The van der Waals surface area contributed by atoms with Crippen LogP contribution in [0.4, 0.5) is 11.5 Å². The van der Waals surface area contributed by atoms with Crippen LogP contribution in [0.5, 0.6) is 0 Å². The first-order chi connectivity index (χ1) is 9.27. The predicted molar refractivity (Wildman–Crippen MR) is 82.9 cm³/mol. The van der Waals surface area contributed by atoms with E-state index in [-0.39, 0.29) is 24.4 Å². The lowest BCUT2D eigenvalue weighted by molar-refractivity contribution is -0.120. The van der Waals surface area contributed by atoms with Crippen molar-refractivity contribution >= 4 is 17.4 Å². The Labute approximate surface area is 121 Å². The number of hydrogen-bond donors (Lipinski definition) is 2. The smallest absolute Gasteiger partial charge is 0.239 e. The summed E-state index contributed by atoms with van der Waals surface area (Å²) in [5.41, 5.74) is 7.75. The molecule has 114 valence electrons. The van der Waals surface area contributed by atoms with Crippen molar-refractivity contribution in [2.75, 3.05) is 23.7 Å². The fraction of sp³-hybridized carbons (Fsp3) is 0.714. The Hall–Kier alpha value is -1.72. The maximum Gasteiger partial charge on any atom is 0.239 e. The van der Waals surface area contributed by atoms with Gasteiger partial charge in [-0.05, 0) is 26.7 Å². The Morgan fingerprint density at radius 1 is 1.40 bits per heavy atom. The van der Waals surface area contributed by atoms with Crippen LogP contribution in [-0.4, -0.2) is 34.8 Å². The van der Waals surface area contributed by atoms with Crippen LogP contribution in [-0.2, 0) is 11.8 Å². The molecule has 1 aromatic rings. The fourth-order valence-electron chi connectivity index (χ4n) is 2.23. The quantitative estimate of drug-likeness (QED) is 0.828. The van der Waals surface area contributed by atoms with Crippen molar-refractivity contribution < 1.29 is 4.79 Å². The lowest BCUT2D eigenvalue weighted by Crippen LogP contribution is -2.41. The van der Waals surface area contributed by atoms with Crippen LogP contribution in [0, 0.1) is 0 Å². The van der Waals surface area contributed by atoms with E-state index in [4.69, 9.17) is 5.73 Å². The fourth-order valence-corrected chi connectivity index (χ4v) is 2.23. The number of aryl methyl sites for hydroxylation is 1. The second-order valence-corrected chi connectivity index (χ2v) is 5.64. The predicted octanol–water partition coefficient (Wildman–Crippen LogP) is 1.48. The van der Waals surface area contributed by atoms with E-state index in [0.717, 1.165) is 11.5 Å². The van der Waals surface area contributed by atoms with E-state index < -0.39 is 0 Å². The van der Waals surface area contributed by atoms with E-state index in [1.54, 1.807) is 4.68 Å². The molecule has 0 aliphatic heterocycles. The van der Waals surface area contributed by atoms with Crippen LogP contribution in [0.2, 0.25) is 0 Å². The molecule has 0 spiro atoms. The molecule has 0 saturated heterocycles. The molecular weight excluding hydrogens is 254 g/mol. The summed E-state index contributed by atoms with van der Waals surface area (Å²) in [6, 6.07) is 0.135. The Morgan fingerprint density at radius 2 is 2.00 bits per heavy atom. The first-order valence-electron chi connectivity index (χ1n) is 7.14. The van der Waals surface area contributed by atoms with Gasteiger partial charge in [0, 0.05) is 19.6 Å². The lowest BCUT2D eigenvalue weighted by atomic mass is 10.1. The molecule has 1 amide bonds. The highest BCUT2D eigenvalue weighted by atomic mass is 16.2. The first-order valence-corrected chi connectivity index (χ1v) is 7.14. The number of carbonyl (C=O) groups is 1. The molecule has 0 unspecified atom stereocenters. The maximum absolute atomic E-state index is 11.9. The van der Waals surface area contributed by atoms with Gasteiger partial charge in [-0.2, -0.15) is 5.10 Å². The number of nitrogens with zero attached hydrogens (tertiary/aromatic N) is 3. The average Bonchev–Trinajstić information content (AvgIpc) is 2.61. The van der Waals surface area contributed by atoms with Crippen molar-refractivity contribution in [2.45, 2.75) is 46.6 Å². The van der Waals surface area contributed by atoms with Gasteiger partial charge in [0.25, 0.3) is 0 Å². The van der Waals surface area contributed by atoms with Gasteiger partial charge in [0.05, 0.1) is 17.9 Å². The molecule has 0 aromatic carbocycles. The molecular formula is C14H27N5O. The summed E-state index contributed by atoms with van der Waals surface area (Å²) in [6.07, 6.45) is 0. The molecule has 3 N–H and O–H groups in total. The number of nitrogen functional groups attached to an aromatic ring is 1. The molecule has 0 aliphatic rings. The van der Waals surface area contributed by atoms with Crippen molar-refractivity contribution in [3.05, 3.63) is 5.69 Å². The third kappa shape index (κ3) is 3.65. The van der Waals surface area contributed by atoms with Gasteiger partial charge in [-0.1, -0.05) is 13.8 Å². The molecule has 0 bridgehead atoms. The minimum Gasteiger partial charge on any atom is -0.394 e. The maximum atomic E-state index is 11.9. The van der Waals surface area contributed by atoms with Crippen molar-refractivity contribution in [3.63, 3.8) is 0 Å². The number of likely N-dealkylation sites (N-methyl/N-ethyl adjacent to an activating group) is 1. The van der Waals surface area contributed by atoms with E-state index in [1.807, 2.05) is 32.7 Å². The topological polar surface area (TPSA) is 76.2 Å². The zero-order valence-corrected chi connectivity index (χ0v) is 13.4. The monoisotopic (exact) mass is 281 g/mol. The normalized spacial score (nSPS) is 11.2. The van der Waals surface area contributed by atoms with Crippen LogP contribution in [0.1, 0.15) is 46.2 Å². The molecule has 0 fully saturated rings. The molecule has 0 saturated carbocycles. The summed E-state index contributed by atoms with van der Waals surface area (Å²) in [4.78, 5) is 13.9. The molecule has 20 heavy (non-hydrogen) atoms. The van der Waals surface area contributed by atoms with Crippen molar-refractivity contribution in [1.29, 1.82) is 0 Å². The van der Waals surface area contributed by atoms with E-state index in [2.05, 4.69) is 24.3 Å². The van der Waals surface area contributed by atoms with Gasteiger partial charge < -0.3 is 16.0 Å². The van der Waals surface area contributed by atoms with E-state index in [1.165, 1.54) is 0 Å². The lowest BCUT2D eigenvalue weighted by Gasteiger charge is -2.23. The van der Waals surface area contributed by atoms with Gasteiger partial charge in [0.2, 0.25) is 5.91 Å². The van der Waals surface area contributed by atoms with Gasteiger partial charge in [0.1, 0.15) is 0 Å². The van der Waals surface area contributed by atoms with Crippen LogP contribution >= 0.6 is 0 Å². The van der Waals surface area contributed by atoms with Crippen LogP contribution in [0.15, 0.2) is 0 Å². The van der Waals surface area contributed by atoms with Crippen molar-refractivity contribution in [2.24, 2.45) is 7.05 Å². The molecule has 6 heteroatoms. The van der Waals surface area contributed by atoms with E-state index in [0.29, 0.717) is 12.2 Å². The number of aromatic nitrogens is 2. The van der Waals surface area contributed by atoms with Crippen LogP contribution in [0.3, 0.4) is 0 Å². The highest BCUT2D eigenvalue weighted by Gasteiger charge is 2.21. The standard InChI is InChI=1S/C14H27N5O/c1-7-19(8-11(20)16-10(4)5)14-12(15)13(9(2)3)17-18(14)6/h9-10H,7-8,15H2,1-6H3,(H,16,20). The second kappa shape index (κ2) is 6.63. The summed E-state index contributed by atoms with van der Waals surface area (Å²) in [5.74, 6) is 1.07. The molecule has 0 radical (unpaired) electrons. The Kier molecular flexibility index (Phi) is 5.42. The van der Waals surface area contributed by atoms with Gasteiger partial charge in [-0.25, -0.2) is 0 Å². The number of hydrogen-bond acceptors (Lipinski definition) is 4. The zero-order valence-electron chi connectivity index (χ0n) is 13.4. The molecule has 0 aliphatic carbocycles. The molecule has 1 rings (SSSR count). The molecule has 1 heterocycles. The summed E-state index contributed by atoms with van der Waals surface area (Å²) >= 11 is 0. The largest absolute Gasteiger partial charge is 0.394 e. The highest BCUT2D eigenvalue weighted by Crippen LogP contribution is 2.30. The number of carbonyl (C=O) groups excluding carboxylic acids is 1. The van der Waals surface area contributed by atoms with Gasteiger partial charge in [-0.15, -0.1) is 0 Å². The van der Waals surface area contributed by atoms with Crippen LogP contribution < -0.4 is 16.0 Å².